The predicted molar refractivity (Wildman–Crippen MR) is 123 cm³/mol. The van der Waals surface area contributed by atoms with Crippen LogP contribution in [0.1, 0.15) is 24.0 Å². The van der Waals surface area contributed by atoms with Crippen molar-refractivity contribution < 1.29 is 16.8 Å². The topological polar surface area (TPSA) is 86.8 Å². The normalized spacial score (nSPS) is 17.0. The van der Waals surface area contributed by atoms with Crippen LogP contribution in [-0.2, 0) is 20.0 Å². The maximum absolute atomic E-state index is 13.4. The Morgan fingerprint density at radius 3 is 2.19 bits per heavy atom. The summed E-state index contributed by atoms with van der Waals surface area (Å²) in [6.45, 7) is 6.01. The molecule has 3 rings (SSSR count). The van der Waals surface area contributed by atoms with E-state index in [4.69, 9.17) is 0 Å². The fourth-order valence-electron chi connectivity index (χ4n) is 3.63. The van der Waals surface area contributed by atoms with Gasteiger partial charge in [0.15, 0.2) is 0 Å². The van der Waals surface area contributed by atoms with E-state index < -0.39 is 20.0 Å². The molecule has 0 aliphatic carbocycles. The minimum absolute atomic E-state index is 0.0803. The Hall–Kier alpha value is -1.78. The SMILES string of the molecule is Cc1ccc(S(=O)(=O)N(CCS(=O)(=O)N2CCNCC2)CC(C)c2ccccc2)cc1. The molecule has 1 atom stereocenters. The van der Waals surface area contributed by atoms with Gasteiger partial charge >= 0.3 is 0 Å². The van der Waals surface area contributed by atoms with Gasteiger partial charge in [-0.15, -0.1) is 0 Å². The summed E-state index contributed by atoms with van der Waals surface area (Å²) in [6, 6.07) is 16.3. The number of nitrogens with zero attached hydrogens (tertiary/aromatic N) is 2. The molecule has 2 aromatic rings. The second-order valence-electron chi connectivity index (χ2n) is 7.95. The van der Waals surface area contributed by atoms with Crippen LogP contribution in [0.4, 0.5) is 0 Å². The van der Waals surface area contributed by atoms with Gasteiger partial charge in [-0.1, -0.05) is 55.0 Å². The van der Waals surface area contributed by atoms with Crippen molar-refractivity contribution >= 4 is 20.0 Å². The van der Waals surface area contributed by atoms with E-state index in [1.165, 1.54) is 8.61 Å². The zero-order valence-corrected chi connectivity index (χ0v) is 19.7. The smallest absolute Gasteiger partial charge is 0.243 e. The third-order valence-corrected chi connectivity index (χ3v) is 9.30. The summed E-state index contributed by atoms with van der Waals surface area (Å²) in [5.41, 5.74) is 1.97. The predicted octanol–water partition coefficient (Wildman–Crippen LogP) is 2.02. The number of rotatable bonds is 9. The molecule has 1 saturated heterocycles. The molecule has 0 bridgehead atoms. The molecule has 0 aromatic heterocycles. The Bertz CT molecular complexity index is 1050. The molecule has 7 nitrogen and oxygen atoms in total. The van der Waals surface area contributed by atoms with E-state index in [9.17, 15) is 16.8 Å². The van der Waals surface area contributed by atoms with Crippen LogP contribution in [0, 0.1) is 6.92 Å². The third kappa shape index (κ3) is 6.14. The lowest BCUT2D eigenvalue weighted by molar-refractivity contribution is 0.354. The molecule has 1 aliphatic rings. The minimum atomic E-state index is -3.84. The third-order valence-electron chi connectivity index (χ3n) is 5.57. The van der Waals surface area contributed by atoms with Gasteiger partial charge in [0.05, 0.1) is 10.6 Å². The van der Waals surface area contributed by atoms with E-state index >= 15 is 0 Å². The fourth-order valence-corrected chi connectivity index (χ4v) is 6.72. The molecule has 0 spiro atoms. The van der Waals surface area contributed by atoms with E-state index in [0.717, 1.165) is 11.1 Å². The first-order valence-electron chi connectivity index (χ1n) is 10.5. The van der Waals surface area contributed by atoms with Crippen LogP contribution >= 0.6 is 0 Å². The van der Waals surface area contributed by atoms with Crippen LogP contribution < -0.4 is 5.32 Å². The molecular formula is C22H31N3O4S2. The van der Waals surface area contributed by atoms with Gasteiger partial charge in [-0.05, 0) is 30.5 Å². The van der Waals surface area contributed by atoms with E-state index in [1.54, 1.807) is 24.3 Å². The van der Waals surface area contributed by atoms with Crippen LogP contribution in [0.5, 0.6) is 0 Å². The van der Waals surface area contributed by atoms with Crippen molar-refractivity contribution in [3.8, 4) is 0 Å². The molecule has 1 N–H and O–H groups in total. The van der Waals surface area contributed by atoms with Crippen molar-refractivity contribution in [2.75, 3.05) is 45.0 Å². The van der Waals surface area contributed by atoms with Gasteiger partial charge in [-0.3, -0.25) is 0 Å². The number of hydrogen-bond acceptors (Lipinski definition) is 5. The maximum Gasteiger partial charge on any atom is 0.243 e. The van der Waals surface area contributed by atoms with Gasteiger partial charge in [-0.2, -0.15) is 8.61 Å². The van der Waals surface area contributed by atoms with Crippen molar-refractivity contribution in [2.45, 2.75) is 24.7 Å². The summed E-state index contributed by atoms with van der Waals surface area (Å²) in [6.07, 6.45) is 0. The Labute approximate surface area is 186 Å². The Morgan fingerprint density at radius 1 is 0.968 bits per heavy atom. The average molecular weight is 466 g/mol. The van der Waals surface area contributed by atoms with E-state index in [0.29, 0.717) is 26.2 Å². The van der Waals surface area contributed by atoms with Crippen LogP contribution in [0.2, 0.25) is 0 Å². The highest BCUT2D eigenvalue weighted by Gasteiger charge is 2.30. The van der Waals surface area contributed by atoms with E-state index in [2.05, 4.69) is 5.32 Å². The van der Waals surface area contributed by atoms with Gasteiger partial charge in [0.2, 0.25) is 20.0 Å². The van der Waals surface area contributed by atoms with Crippen molar-refractivity contribution in [1.82, 2.24) is 13.9 Å². The quantitative estimate of drug-likeness (QED) is 0.612. The first kappa shape index (κ1) is 23.9. The lowest BCUT2D eigenvalue weighted by Gasteiger charge is -2.29. The van der Waals surface area contributed by atoms with Crippen molar-refractivity contribution in [3.05, 3.63) is 65.7 Å². The molecule has 9 heteroatoms. The minimum Gasteiger partial charge on any atom is -0.314 e. The molecule has 0 amide bonds. The molecule has 1 aliphatic heterocycles. The molecule has 1 unspecified atom stereocenters. The van der Waals surface area contributed by atoms with Crippen molar-refractivity contribution in [3.63, 3.8) is 0 Å². The summed E-state index contributed by atoms with van der Waals surface area (Å²) in [5.74, 6) is -0.317. The zero-order valence-electron chi connectivity index (χ0n) is 18.1. The highest BCUT2D eigenvalue weighted by molar-refractivity contribution is 7.90. The van der Waals surface area contributed by atoms with E-state index in [1.807, 2.05) is 44.2 Å². The van der Waals surface area contributed by atoms with Gasteiger partial charge < -0.3 is 5.32 Å². The monoisotopic (exact) mass is 465 g/mol. The van der Waals surface area contributed by atoms with Crippen LogP contribution in [0.15, 0.2) is 59.5 Å². The summed E-state index contributed by atoms with van der Waals surface area (Å²) in [4.78, 5) is 0.179. The fraction of sp³-hybridized carbons (Fsp3) is 0.455. The second-order valence-corrected chi connectivity index (χ2v) is 12.0. The number of hydrogen-bond donors (Lipinski definition) is 1. The Balaban J connectivity index is 1.83. The van der Waals surface area contributed by atoms with Crippen LogP contribution in [0.3, 0.4) is 0 Å². The summed E-state index contributed by atoms with van der Waals surface area (Å²) in [5, 5.41) is 3.13. The summed E-state index contributed by atoms with van der Waals surface area (Å²) >= 11 is 0. The zero-order chi connectivity index (χ0) is 22.5. The number of piperazine rings is 1. The first-order chi connectivity index (χ1) is 14.7. The molecule has 1 fully saturated rings. The molecular weight excluding hydrogens is 434 g/mol. The lowest BCUT2D eigenvalue weighted by atomic mass is 10.0. The molecule has 31 heavy (non-hydrogen) atoms. The highest BCUT2D eigenvalue weighted by atomic mass is 32.2. The largest absolute Gasteiger partial charge is 0.314 e. The summed E-state index contributed by atoms with van der Waals surface area (Å²) < 4.78 is 55.2. The Morgan fingerprint density at radius 2 is 1.58 bits per heavy atom. The standard InChI is InChI=1S/C22H31N3O4S2/c1-19-8-10-22(11-9-19)31(28,29)25(18-20(2)21-6-4-3-5-7-21)16-17-30(26,27)24-14-12-23-13-15-24/h3-11,20,23H,12-18H2,1-2H3. The molecule has 0 radical (unpaired) electrons. The lowest BCUT2D eigenvalue weighted by Crippen LogP contribution is -2.48. The molecule has 170 valence electrons. The number of nitrogens with one attached hydrogen (secondary N) is 1. The van der Waals surface area contributed by atoms with Crippen LogP contribution in [-0.4, -0.2) is 70.5 Å². The van der Waals surface area contributed by atoms with Crippen molar-refractivity contribution in [1.29, 1.82) is 0 Å². The van der Waals surface area contributed by atoms with E-state index in [-0.39, 0.29) is 29.7 Å². The van der Waals surface area contributed by atoms with Gasteiger partial charge in [0, 0.05) is 39.3 Å². The van der Waals surface area contributed by atoms with Crippen LogP contribution in [0.25, 0.3) is 0 Å². The number of aryl methyl sites for hydroxylation is 1. The molecule has 0 saturated carbocycles. The van der Waals surface area contributed by atoms with Gasteiger partial charge in [-0.25, -0.2) is 16.8 Å². The molecule has 1 heterocycles. The van der Waals surface area contributed by atoms with Gasteiger partial charge in [0.1, 0.15) is 0 Å². The second kappa shape index (κ2) is 10.2. The first-order valence-corrected chi connectivity index (χ1v) is 13.6. The van der Waals surface area contributed by atoms with Gasteiger partial charge in [0.25, 0.3) is 0 Å². The highest BCUT2D eigenvalue weighted by Crippen LogP contribution is 2.22. The molecule has 2 aromatic carbocycles. The number of benzene rings is 2. The Kier molecular flexibility index (Phi) is 7.87. The maximum atomic E-state index is 13.4. The number of sulfonamides is 2. The van der Waals surface area contributed by atoms with Crippen molar-refractivity contribution in [2.24, 2.45) is 0 Å². The average Bonchev–Trinajstić information content (AvgIpc) is 2.78. The summed E-state index contributed by atoms with van der Waals surface area (Å²) in [7, 11) is -7.38.